The summed E-state index contributed by atoms with van der Waals surface area (Å²) in [6.45, 7) is 12.4. The molecule has 1 aliphatic heterocycles. The number of carbonyl (C=O) groups is 1. The van der Waals surface area contributed by atoms with E-state index in [1.807, 2.05) is 12.9 Å². The Bertz CT molecular complexity index is 709. The Morgan fingerprint density at radius 3 is 2.20 bits per heavy atom. The van der Waals surface area contributed by atoms with Crippen molar-refractivity contribution < 1.29 is 18.8 Å². The zero-order valence-corrected chi connectivity index (χ0v) is 16.5. The van der Waals surface area contributed by atoms with Crippen molar-refractivity contribution in [1.29, 1.82) is 0 Å². The quantitative estimate of drug-likeness (QED) is 0.780. The lowest BCUT2D eigenvalue weighted by atomic mass is 9.75. The van der Waals surface area contributed by atoms with Gasteiger partial charge in [0.25, 0.3) is 0 Å². The third-order valence-electron chi connectivity index (χ3n) is 4.88. The number of hydrogen-bond donors (Lipinski definition) is 0. The Balaban J connectivity index is 0.00000109. The second kappa shape index (κ2) is 7.32. The summed E-state index contributed by atoms with van der Waals surface area (Å²) in [6.07, 6.45) is 0. The maximum absolute atomic E-state index is 8.00. The first-order valence-electron chi connectivity index (χ1n) is 8.12. The Labute approximate surface area is 154 Å². The van der Waals surface area contributed by atoms with E-state index in [1.54, 1.807) is 18.4 Å². The van der Waals surface area contributed by atoms with E-state index in [4.69, 9.17) is 18.8 Å². The third kappa shape index (κ3) is 3.66. The standard InChI is InChI=1S/C18H23BO3S.CH2O/c1-12-10-13(16-8-7-9-23-16)15(20-6)11-14(12)19-21-17(2,3)18(4,5)22-19;1-2/h7-11H,1-6H3;1H2. The largest absolute Gasteiger partial charge is 0.496 e. The van der Waals surface area contributed by atoms with Crippen LogP contribution in [0.4, 0.5) is 0 Å². The van der Waals surface area contributed by atoms with Crippen LogP contribution in [0.15, 0.2) is 29.6 Å². The van der Waals surface area contributed by atoms with Crippen LogP contribution in [0, 0.1) is 6.92 Å². The van der Waals surface area contributed by atoms with Crippen molar-refractivity contribution in [2.45, 2.75) is 45.8 Å². The summed E-state index contributed by atoms with van der Waals surface area (Å²) in [7, 11) is 1.33. The van der Waals surface area contributed by atoms with Gasteiger partial charge in [-0.15, -0.1) is 11.3 Å². The van der Waals surface area contributed by atoms with E-state index < -0.39 is 0 Å². The van der Waals surface area contributed by atoms with Gasteiger partial charge in [-0.1, -0.05) is 11.6 Å². The Kier molecular flexibility index (Phi) is 5.77. The van der Waals surface area contributed by atoms with Gasteiger partial charge >= 0.3 is 7.12 Å². The van der Waals surface area contributed by atoms with Gasteiger partial charge in [-0.2, -0.15) is 0 Å². The number of rotatable bonds is 3. The molecule has 1 aromatic carbocycles. The summed E-state index contributed by atoms with van der Waals surface area (Å²) in [4.78, 5) is 9.20. The fourth-order valence-electron chi connectivity index (χ4n) is 2.72. The topological polar surface area (TPSA) is 44.8 Å². The van der Waals surface area contributed by atoms with Crippen LogP contribution < -0.4 is 10.2 Å². The summed E-state index contributed by atoms with van der Waals surface area (Å²) in [5.74, 6) is 0.850. The molecule has 0 saturated carbocycles. The monoisotopic (exact) mass is 360 g/mol. The summed E-state index contributed by atoms with van der Waals surface area (Å²) >= 11 is 1.71. The van der Waals surface area contributed by atoms with Gasteiger partial charge in [0.15, 0.2) is 0 Å². The average molecular weight is 360 g/mol. The maximum atomic E-state index is 8.00. The van der Waals surface area contributed by atoms with Crippen LogP contribution in [0.3, 0.4) is 0 Å². The van der Waals surface area contributed by atoms with Crippen LogP contribution >= 0.6 is 11.3 Å². The molecule has 3 rings (SSSR count). The summed E-state index contributed by atoms with van der Waals surface area (Å²) < 4.78 is 18.0. The molecule has 6 heteroatoms. The lowest BCUT2D eigenvalue weighted by Gasteiger charge is -2.32. The molecule has 25 heavy (non-hydrogen) atoms. The number of methoxy groups -OCH3 is 1. The SMILES string of the molecule is C=O.COc1cc(B2OC(C)(C)C(C)(C)O2)c(C)cc1-c1cccs1. The smallest absolute Gasteiger partial charge is 0.495 e. The van der Waals surface area contributed by atoms with Crippen LogP contribution in [0.25, 0.3) is 10.4 Å². The van der Waals surface area contributed by atoms with Gasteiger partial charge in [-0.25, -0.2) is 0 Å². The number of aryl methyl sites for hydroxylation is 1. The fourth-order valence-corrected chi connectivity index (χ4v) is 3.47. The van der Waals surface area contributed by atoms with Crippen LogP contribution in [-0.2, 0) is 14.1 Å². The molecule has 2 aromatic rings. The van der Waals surface area contributed by atoms with Crippen LogP contribution in [0.5, 0.6) is 5.75 Å². The molecule has 1 saturated heterocycles. The molecule has 0 spiro atoms. The highest BCUT2D eigenvalue weighted by Gasteiger charge is 2.52. The van der Waals surface area contributed by atoms with E-state index in [1.165, 1.54) is 4.88 Å². The lowest BCUT2D eigenvalue weighted by molar-refractivity contribution is -0.0979. The summed E-state index contributed by atoms with van der Waals surface area (Å²) in [5.41, 5.74) is 2.60. The molecule has 1 aliphatic rings. The molecule has 0 bridgehead atoms. The highest BCUT2D eigenvalue weighted by molar-refractivity contribution is 7.13. The van der Waals surface area contributed by atoms with Crippen molar-refractivity contribution in [1.82, 2.24) is 0 Å². The second-order valence-electron chi connectivity index (χ2n) is 6.97. The van der Waals surface area contributed by atoms with Crippen LogP contribution in [-0.4, -0.2) is 32.2 Å². The number of hydrogen-bond acceptors (Lipinski definition) is 5. The highest BCUT2D eigenvalue weighted by atomic mass is 32.1. The molecular weight excluding hydrogens is 335 g/mol. The molecule has 1 fully saturated rings. The van der Waals surface area contributed by atoms with Crippen LogP contribution in [0.2, 0.25) is 0 Å². The van der Waals surface area contributed by atoms with Crippen molar-refractivity contribution in [3.63, 3.8) is 0 Å². The van der Waals surface area contributed by atoms with E-state index >= 15 is 0 Å². The molecule has 0 atom stereocenters. The number of benzene rings is 1. The molecule has 0 aliphatic carbocycles. The zero-order valence-electron chi connectivity index (χ0n) is 15.7. The van der Waals surface area contributed by atoms with Gasteiger partial charge in [0.1, 0.15) is 12.5 Å². The van der Waals surface area contributed by atoms with Gasteiger partial charge in [-0.05, 0) is 63.7 Å². The fraction of sp³-hybridized carbons (Fsp3) is 0.421. The zero-order chi connectivity index (χ0) is 18.8. The maximum Gasteiger partial charge on any atom is 0.495 e. The first kappa shape index (κ1) is 19.7. The van der Waals surface area contributed by atoms with E-state index in [0.29, 0.717) is 0 Å². The molecule has 134 valence electrons. The van der Waals surface area contributed by atoms with Crippen molar-refractivity contribution in [2.24, 2.45) is 0 Å². The molecular formula is C19H25BO4S. The normalized spacial score (nSPS) is 17.8. The van der Waals surface area contributed by atoms with Crippen molar-refractivity contribution in [2.75, 3.05) is 7.11 Å². The molecule has 4 nitrogen and oxygen atoms in total. The van der Waals surface area contributed by atoms with E-state index in [-0.39, 0.29) is 18.3 Å². The van der Waals surface area contributed by atoms with Crippen molar-refractivity contribution in [3.8, 4) is 16.2 Å². The molecule has 0 N–H and O–H groups in total. The third-order valence-corrected chi connectivity index (χ3v) is 5.79. The van der Waals surface area contributed by atoms with Crippen molar-refractivity contribution >= 4 is 30.7 Å². The second-order valence-corrected chi connectivity index (χ2v) is 7.92. The molecule has 1 aromatic heterocycles. The minimum Gasteiger partial charge on any atom is -0.496 e. The Morgan fingerprint density at radius 2 is 1.72 bits per heavy atom. The van der Waals surface area contributed by atoms with Gasteiger partial charge in [0.2, 0.25) is 0 Å². The highest BCUT2D eigenvalue weighted by Crippen LogP contribution is 2.38. The Morgan fingerprint density at radius 1 is 1.12 bits per heavy atom. The minimum absolute atomic E-state index is 0.343. The first-order chi connectivity index (χ1) is 11.7. The van der Waals surface area contributed by atoms with Gasteiger partial charge < -0.3 is 18.8 Å². The van der Waals surface area contributed by atoms with Gasteiger partial charge in [-0.3, -0.25) is 0 Å². The number of carbonyl (C=O) groups excluding carboxylic acids is 1. The molecule has 0 unspecified atom stereocenters. The first-order valence-corrected chi connectivity index (χ1v) is 9.00. The van der Waals surface area contributed by atoms with Crippen LogP contribution in [0.1, 0.15) is 33.3 Å². The minimum atomic E-state index is -0.369. The van der Waals surface area contributed by atoms with E-state index in [9.17, 15) is 0 Å². The molecule has 0 amide bonds. The number of ether oxygens (including phenoxy) is 1. The lowest BCUT2D eigenvalue weighted by Crippen LogP contribution is -2.41. The van der Waals surface area contributed by atoms with Gasteiger partial charge in [0, 0.05) is 10.4 Å². The van der Waals surface area contributed by atoms with Gasteiger partial charge in [0.05, 0.1) is 18.3 Å². The predicted octanol–water partition coefficient (Wildman–Crippen LogP) is 3.85. The average Bonchev–Trinajstić information content (AvgIpc) is 3.15. The van der Waals surface area contributed by atoms with E-state index in [2.05, 4.69) is 58.2 Å². The number of thiophene rings is 1. The Hall–Kier alpha value is -1.63. The predicted molar refractivity (Wildman–Crippen MR) is 104 cm³/mol. The summed E-state index contributed by atoms with van der Waals surface area (Å²) in [5, 5.41) is 2.08. The summed E-state index contributed by atoms with van der Waals surface area (Å²) in [6, 6.07) is 8.37. The molecule has 2 heterocycles. The van der Waals surface area contributed by atoms with E-state index in [0.717, 1.165) is 22.3 Å². The van der Waals surface area contributed by atoms with Crippen molar-refractivity contribution in [3.05, 3.63) is 35.2 Å². The molecule has 0 radical (unpaired) electrons.